The Hall–Kier alpha value is 0.531. The molecule has 0 N–H and O–H groups in total. The Morgan fingerprint density at radius 3 is 1.05 bits per heavy atom. The van der Waals surface area contributed by atoms with E-state index in [4.69, 9.17) is 0 Å². The van der Waals surface area contributed by atoms with Crippen LogP contribution in [-0.2, 0) is 0 Å². The number of hydrogen-bond donors (Lipinski definition) is 0. The summed E-state index contributed by atoms with van der Waals surface area (Å²) in [6.07, 6.45) is 0. The first-order valence-corrected chi connectivity index (χ1v) is 17.0. The van der Waals surface area contributed by atoms with Crippen molar-refractivity contribution in [2.45, 2.75) is 67.0 Å². The molecule has 0 bridgehead atoms. The van der Waals surface area contributed by atoms with Gasteiger partial charge in [0.15, 0.2) is 16.8 Å². The SMILES string of the molecule is CCN(CC)[Si](C)(C)N([SiH](C)C)[Si](C)(C)N(CC)CC. The van der Waals surface area contributed by atoms with E-state index in [1.807, 2.05) is 0 Å². The van der Waals surface area contributed by atoms with Crippen LogP contribution < -0.4 is 0 Å². The van der Waals surface area contributed by atoms with Gasteiger partial charge >= 0.3 is 0 Å². The molecule has 0 unspecified atom stereocenters. The molecule has 6 heteroatoms. The Morgan fingerprint density at radius 2 is 0.900 bits per heavy atom. The van der Waals surface area contributed by atoms with Gasteiger partial charge in [-0.25, -0.2) is 0 Å². The monoisotopic (exact) mass is 333 g/mol. The first kappa shape index (κ1) is 20.5. The Balaban J connectivity index is 5.64. The van der Waals surface area contributed by atoms with Crippen LogP contribution in [-0.4, -0.2) is 65.0 Å². The van der Waals surface area contributed by atoms with Gasteiger partial charge < -0.3 is 13.0 Å². The minimum atomic E-state index is -1.51. The highest BCUT2D eigenvalue weighted by molar-refractivity contribution is 6.97. The average molecular weight is 334 g/mol. The minimum Gasteiger partial charge on any atom is -0.347 e. The molecule has 0 aliphatic rings. The van der Waals surface area contributed by atoms with E-state index in [9.17, 15) is 0 Å². The summed E-state index contributed by atoms with van der Waals surface area (Å²) in [4.78, 5) is 0. The van der Waals surface area contributed by atoms with Gasteiger partial charge in [-0.2, -0.15) is 0 Å². The molecular weight excluding hydrogens is 294 g/mol. The van der Waals surface area contributed by atoms with Gasteiger partial charge in [0.1, 0.15) is 0 Å². The van der Waals surface area contributed by atoms with Crippen molar-refractivity contribution >= 4 is 25.8 Å². The van der Waals surface area contributed by atoms with Gasteiger partial charge in [0.05, 0.1) is 8.96 Å². The Bertz CT molecular complexity index is 251. The summed E-state index contributed by atoms with van der Waals surface area (Å²) in [7, 11) is -3.85. The highest BCUT2D eigenvalue weighted by atomic mass is 28.5. The van der Waals surface area contributed by atoms with Gasteiger partial charge in [-0.15, -0.1) is 0 Å². The van der Waals surface area contributed by atoms with Crippen LogP contribution in [0.5, 0.6) is 0 Å². The lowest BCUT2D eigenvalue weighted by Gasteiger charge is -2.56. The van der Waals surface area contributed by atoms with Crippen LogP contribution in [0.2, 0.25) is 39.3 Å². The van der Waals surface area contributed by atoms with Crippen LogP contribution in [0.25, 0.3) is 0 Å². The quantitative estimate of drug-likeness (QED) is 0.599. The van der Waals surface area contributed by atoms with Gasteiger partial charge in [-0.3, -0.25) is 0 Å². The maximum absolute atomic E-state index is 3.08. The van der Waals surface area contributed by atoms with Gasteiger partial charge in [0, 0.05) is 0 Å². The third-order valence-corrected chi connectivity index (χ3v) is 22.7. The van der Waals surface area contributed by atoms with Crippen LogP contribution in [0, 0.1) is 0 Å². The Labute approximate surface area is 132 Å². The maximum Gasteiger partial charge on any atom is 0.187 e. The summed E-state index contributed by atoms with van der Waals surface area (Å²) in [5.41, 5.74) is 0. The first-order valence-electron chi connectivity index (χ1n) is 8.40. The zero-order chi connectivity index (χ0) is 16.1. The molecule has 3 nitrogen and oxygen atoms in total. The van der Waals surface area contributed by atoms with Crippen LogP contribution in [0.4, 0.5) is 0 Å². The molecule has 0 aliphatic carbocycles. The van der Waals surface area contributed by atoms with Crippen molar-refractivity contribution in [3.8, 4) is 0 Å². The minimum absolute atomic E-state index is 0.830. The van der Waals surface area contributed by atoms with Crippen LogP contribution in [0.15, 0.2) is 0 Å². The van der Waals surface area contributed by atoms with E-state index in [1.54, 1.807) is 0 Å². The summed E-state index contributed by atoms with van der Waals surface area (Å²) in [5, 5.41) is 0. The zero-order valence-corrected chi connectivity index (χ0v) is 18.9. The van der Waals surface area contributed by atoms with Gasteiger partial charge in [0.2, 0.25) is 0 Å². The summed E-state index contributed by atoms with van der Waals surface area (Å²) in [6, 6.07) is 0. The van der Waals surface area contributed by atoms with Crippen LogP contribution in [0.3, 0.4) is 0 Å². The number of nitrogens with zero attached hydrogens (tertiary/aromatic N) is 3. The molecule has 0 spiro atoms. The van der Waals surface area contributed by atoms with Crippen molar-refractivity contribution < 1.29 is 0 Å². The Morgan fingerprint density at radius 1 is 0.650 bits per heavy atom. The molecule has 0 amide bonds. The molecule has 0 aromatic rings. The van der Waals surface area contributed by atoms with E-state index >= 15 is 0 Å². The third kappa shape index (κ3) is 4.27. The molecule has 20 heavy (non-hydrogen) atoms. The van der Waals surface area contributed by atoms with Crippen molar-refractivity contribution in [3.05, 3.63) is 0 Å². The van der Waals surface area contributed by atoms with Gasteiger partial charge in [-0.1, -0.05) is 40.8 Å². The third-order valence-electron chi connectivity index (χ3n) is 4.77. The lowest BCUT2D eigenvalue weighted by molar-refractivity contribution is 0.412. The van der Waals surface area contributed by atoms with Crippen molar-refractivity contribution in [1.82, 2.24) is 13.0 Å². The summed E-state index contributed by atoms with van der Waals surface area (Å²) >= 11 is 0. The maximum atomic E-state index is 3.08. The topological polar surface area (TPSA) is 9.72 Å². The fourth-order valence-corrected chi connectivity index (χ4v) is 25.2. The van der Waals surface area contributed by atoms with Crippen molar-refractivity contribution in [3.63, 3.8) is 0 Å². The molecule has 0 saturated heterocycles. The molecule has 0 atom stereocenters. The second kappa shape index (κ2) is 8.24. The number of hydrogen-bond acceptors (Lipinski definition) is 3. The van der Waals surface area contributed by atoms with E-state index < -0.39 is 25.8 Å². The predicted octanol–water partition coefficient (Wildman–Crippen LogP) is 3.36. The van der Waals surface area contributed by atoms with E-state index in [0.29, 0.717) is 0 Å². The highest BCUT2D eigenvalue weighted by Gasteiger charge is 2.47. The highest BCUT2D eigenvalue weighted by Crippen LogP contribution is 2.27. The normalized spacial score (nSPS) is 14.1. The molecule has 0 aliphatic heterocycles. The molecule has 0 radical (unpaired) electrons. The number of rotatable bonds is 9. The van der Waals surface area contributed by atoms with Crippen molar-refractivity contribution in [2.24, 2.45) is 0 Å². The summed E-state index contributed by atoms with van der Waals surface area (Å²) in [5.74, 6) is 0. The van der Waals surface area contributed by atoms with Gasteiger partial charge in [-0.05, 0) is 52.4 Å². The molecule has 0 fully saturated rings. The predicted molar refractivity (Wildman–Crippen MR) is 102 cm³/mol. The second-order valence-corrected chi connectivity index (χ2v) is 19.2. The van der Waals surface area contributed by atoms with Crippen molar-refractivity contribution in [1.29, 1.82) is 0 Å². The van der Waals surface area contributed by atoms with E-state index in [-0.39, 0.29) is 0 Å². The smallest absolute Gasteiger partial charge is 0.187 e. The fraction of sp³-hybridized carbons (Fsp3) is 1.00. The van der Waals surface area contributed by atoms with Crippen LogP contribution >= 0.6 is 0 Å². The standard InChI is InChI=1S/C14H39N3Si3/c1-11-15(12-2)19(7,8)17(18(5)6)20(9,10)16(13-3)14-4/h18H,11-14H2,1-10H3. The van der Waals surface area contributed by atoms with E-state index in [1.165, 1.54) is 26.2 Å². The molecule has 0 saturated carbocycles. The lowest BCUT2D eigenvalue weighted by Crippen LogP contribution is -2.77. The summed E-state index contributed by atoms with van der Waals surface area (Å²) in [6.45, 7) is 29.4. The summed E-state index contributed by atoms with van der Waals surface area (Å²) < 4.78 is 8.61. The van der Waals surface area contributed by atoms with Crippen LogP contribution in [0.1, 0.15) is 27.7 Å². The van der Waals surface area contributed by atoms with Gasteiger partial charge in [0.25, 0.3) is 0 Å². The lowest BCUT2D eigenvalue weighted by atomic mass is 10.7. The first-order chi connectivity index (χ1) is 9.10. The second-order valence-electron chi connectivity index (χ2n) is 6.80. The molecule has 122 valence electrons. The fourth-order valence-electron chi connectivity index (χ4n) is 4.23. The molecule has 0 aromatic heterocycles. The average Bonchev–Trinajstić information content (AvgIpc) is 2.29. The largest absolute Gasteiger partial charge is 0.347 e. The zero-order valence-electron chi connectivity index (χ0n) is 15.7. The molecule has 0 heterocycles. The van der Waals surface area contributed by atoms with Crippen molar-refractivity contribution in [2.75, 3.05) is 26.2 Å². The van der Waals surface area contributed by atoms with E-state index in [2.05, 4.69) is 80.0 Å². The molecule has 0 rings (SSSR count). The molecular formula is C14H39N3Si3. The Kier molecular flexibility index (Phi) is 8.46. The molecule has 0 aromatic carbocycles. The van der Waals surface area contributed by atoms with E-state index in [0.717, 1.165) is 0 Å².